The molecule has 2 heterocycles. The number of benzene rings is 1. The van der Waals surface area contributed by atoms with Crippen molar-refractivity contribution in [2.24, 2.45) is 0 Å². The molecule has 0 saturated carbocycles. The lowest BCUT2D eigenvalue weighted by Crippen LogP contribution is -2.04. The minimum Gasteiger partial charge on any atom is -0.476 e. The van der Waals surface area contributed by atoms with Crippen LogP contribution in [-0.2, 0) is 0 Å². The third-order valence-electron chi connectivity index (χ3n) is 2.99. The Hall–Kier alpha value is -3.29. The lowest BCUT2D eigenvalue weighted by atomic mass is 10.2. The maximum atomic E-state index is 10.7. The molecular weight excluding hydrogens is 276 g/mol. The maximum Gasteiger partial charge on any atom is 0.356 e. The second kappa shape index (κ2) is 4.67. The first-order valence-corrected chi connectivity index (χ1v) is 5.87. The third kappa shape index (κ3) is 2.18. The first-order valence-electron chi connectivity index (χ1n) is 5.87. The van der Waals surface area contributed by atoms with E-state index in [-0.39, 0.29) is 11.4 Å². The molecule has 8 nitrogen and oxygen atoms in total. The van der Waals surface area contributed by atoms with E-state index in [9.17, 15) is 14.9 Å². The summed E-state index contributed by atoms with van der Waals surface area (Å²) in [4.78, 5) is 28.9. The van der Waals surface area contributed by atoms with Crippen molar-refractivity contribution in [3.8, 4) is 5.82 Å². The zero-order valence-electron chi connectivity index (χ0n) is 10.5. The van der Waals surface area contributed by atoms with Crippen molar-refractivity contribution < 1.29 is 14.8 Å². The van der Waals surface area contributed by atoms with Crippen LogP contribution in [0.2, 0.25) is 0 Å². The molecule has 0 aliphatic heterocycles. The van der Waals surface area contributed by atoms with Crippen LogP contribution in [0.25, 0.3) is 16.7 Å². The van der Waals surface area contributed by atoms with Gasteiger partial charge < -0.3 is 5.11 Å². The highest BCUT2D eigenvalue weighted by molar-refractivity contribution is 5.85. The van der Waals surface area contributed by atoms with Crippen LogP contribution in [0.3, 0.4) is 0 Å². The molecule has 3 aromatic rings. The van der Waals surface area contributed by atoms with Gasteiger partial charge in [-0.15, -0.1) is 0 Å². The first-order chi connectivity index (χ1) is 10.1. The quantitative estimate of drug-likeness (QED) is 0.581. The molecule has 8 heteroatoms. The molecule has 104 valence electrons. The number of nitro groups is 1. The smallest absolute Gasteiger partial charge is 0.356 e. The minimum absolute atomic E-state index is 0.00700. The van der Waals surface area contributed by atoms with Crippen LogP contribution in [0, 0.1) is 10.1 Å². The average molecular weight is 284 g/mol. The number of aromatic nitrogens is 3. The maximum absolute atomic E-state index is 10.7. The minimum atomic E-state index is -1.15. The average Bonchev–Trinajstić information content (AvgIpc) is 2.90. The van der Waals surface area contributed by atoms with Crippen molar-refractivity contribution in [2.75, 3.05) is 0 Å². The van der Waals surface area contributed by atoms with Crippen LogP contribution in [0.1, 0.15) is 10.5 Å². The van der Waals surface area contributed by atoms with Crippen LogP contribution < -0.4 is 0 Å². The third-order valence-corrected chi connectivity index (χ3v) is 2.99. The number of rotatable bonds is 3. The Morgan fingerprint density at radius 2 is 2.05 bits per heavy atom. The highest BCUT2D eigenvalue weighted by atomic mass is 16.6. The van der Waals surface area contributed by atoms with Gasteiger partial charge in [-0.2, -0.15) is 0 Å². The van der Waals surface area contributed by atoms with Crippen LogP contribution in [-0.4, -0.2) is 30.5 Å². The molecule has 1 aromatic carbocycles. The summed E-state index contributed by atoms with van der Waals surface area (Å²) in [6.07, 6.45) is 4.19. The summed E-state index contributed by atoms with van der Waals surface area (Å²) in [5.41, 5.74) is 0.580. The van der Waals surface area contributed by atoms with E-state index in [1.807, 2.05) is 0 Å². The summed E-state index contributed by atoms with van der Waals surface area (Å²) < 4.78 is 1.68. The normalized spacial score (nSPS) is 10.7. The van der Waals surface area contributed by atoms with E-state index in [0.717, 1.165) is 11.7 Å². The molecule has 0 aliphatic carbocycles. The molecule has 0 fully saturated rings. The Bertz CT molecular complexity index is 854. The zero-order chi connectivity index (χ0) is 15.0. The van der Waals surface area contributed by atoms with Gasteiger partial charge in [0, 0.05) is 23.7 Å². The van der Waals surface area contributed by atoms with E-state index in [1.54, 1.807) is 22.9 Å². The number of nitrogens with zero attached hydrogens (tertiary/aromatic N) is 4. The number of hydrogen-bond donors (Lipinski definition) is 1. The summed E-state index contributed by atoms with van der Waals surface area (Å²) in [5.74, 6) is -0.717. The molecule has 0 aliphatic rings. The molecular formula is C13H8N4O4. The lowest BCUT2D eigenvalue weighted by molar-refractivity contribution is -0.384. The molecule has 0 unspecified atom stereocenters. The molecule has 0 saturated heterocycles. The van der Waals surface area contributed by atoms with Gasteiger partial charge in [0.25, 0.3) is 5.69 Å². The van der Waals surface area contributed by atoms with Gasteiger partial charge in [0.15, 0.2) is 11.5 Å². The summed E-state index contributed by atoms with van der Waals surface area (Å²) in [7, 11) is 0. The van der Waals surface area contributed by atoms with Crippen LogP contribution in [0.4, 0.5) is 5.69 Å². The number of non-ortho nitro benzene ring substituents is 1. The highest BCUT2D eigenvalue weighted by Gasteiger charge is 2.11. The van der Waals surface area contributed by atoms with Crippen molar-refractivity contribution in [1.29, 1.82) is 0 Å². The lowest BCUT2D eigenvalue weighted by Gasteiger charge is -2.04. The van der Waals surface area contributed by atoms with Gasteiger partial charge in [0.05, 0.1) is 22.8 Å². The van der Waals surface area contributed by atoms with Crippen molar-refractivity contribution >= 4 is 22.6 Å². The van der Waals surface area contributed by atoms with Crippen molar-refractivity contribution in [2.45, 2.75) is 0 Å². The van der Waals surface area contributed by atoms with E-state index in [0.29, 0.717) is 11.2 Å². The van der Waals surface area contributed by atoms with Gasteiger partial charge in [0.1, 0.15) is 0 Å². The summed E-state index contributed by atoms with van der Waals surface area (Å²) in [5, 5.41) is 20.2. The van der Waals surface area contributed by atoms with Crippen molar-refractivity contribution in [3.05, 3.63) is 58.7 Å². The predicted molar refractivity (Wildman–Crippen MR) is 72.5 cm³/mol. The Morgan fingerprint density at radius 1 is 1.24 bits per heavy atom. The van der Waals surface area contributed by atoms with E-state index in [4.69, 9.17) is 5.11 Å². The largest absolute Gasteiger partial charge is 0.476 e. The van der Waals surface area contributed by atoms with Gasteiger partial charge in [-0.05, 0) is 12.1 Å². The van der Waals surface area contributed by atoms with Crippen LogP contribution in [0.15, 0.2) is 42.9 Å². The Morgan fingerprint density at radius 3 is 2.67 bits per heavy atom. The first kappa shape index (κ1) is 12.7. The molecule has 3 rings (SSSR count). The molecule has 2 aromatic heterocycles. The van der Waals surface area contributed by atoms with Gasteiger partial charge in [-0.25, -0.2) is 14.8 Å². The molecule has 0 amide bonds. The summed E-state index contributed by atoms with van der Waals surface area (Å²) in [6.45, 7) is 0. The van der Waals surface area contributed by atoms with Gasteiger partial charge >= 0.3 is 5.97 Å². The topological polar surface area (TPSA) is 111 Å². The monoisotopic (exact) mass is 284 g/mol. The van der Waals surface area contributed by atoms with Crippen molar-refractivity contribution in [1.82, 2.24) is 14.5 Å². The van der Waals surface area contributed by atoms with E-state index >= 15 is 0 Å². The number of aromatic carboxylic acids is 1. The predicted octanol–water partition coefficient (Wildman–Crippen LogP) is 2.03. The number of carbonyl (C=O) groups is 1. The number of carboxylic acid groups (broad SMARTS) is 1. The second-order valence-corrected chi connectivity index (χ2v) is 4.25. The van der Waals surface area contributed by atoms with E-state index in [2.05, 4.69) is 9.97 Å². The number of fused-ring (bicyclic) bond motifs is 1. The molecule has 0 atom stereocenters. The number of nitro benzene ring substituents is 1. The van der Waals surface area contributed by atoms with Gasteiger partial charge in [-0.1, -0.05) is 0 Å². The zero-order valence-corrected chi connectivity index (χ0v) is 10.5. The molecule has 0 spiro atoms. The Kier molecular flexibility index (Phi) is 2.83. The summed E-state index contributed by atoms with van der Waals surface area (Å²) >= 11 is 0. The summed E-state index contributed by atoms with van der Waals surface area (Å²) in [6, 6.07) is 6.19. The molecule has 1 N–H and O–H groups in total. The van der Waals surface area contributed by atoms with E-state index in [1.165, 1.54) is 18.3 Å². The van der Waals surface area contributed by atoms with Crippen molar-refractivity contribution in [3.63, 3.8) is 0 Å². The Labute approximate surface area is 117 Å². The number of carboxylic acids is 1. The van der Waals surface area contributed by atoms with Gasteiger partial charge in [0.2, 0.25) is 0 Å². The fraction of sp³-hybridized carbons (Fsp3) is 0. The SMILES string of the molecule is O=C(O)c1cnc(-n2ccc3cc([N+](=O)[O-])ccc32)cn1. The second-order valence-electron chi connectivity index (χ2n) is 4.25. The van der Waals surface area contributed by atoms with Crippen LogP contribution in [0.5, 0.6) is 0 Å². The fourth-order valence-electron chi connectivity index (χ4n) is 2.00. The van der Waals surface area contributed by atoms with E-state index < -0.39 is 10.9 Å². The van der Waals surface area contributed by atoms with Gasteiger partial charge in [-0.3, -0.25) is 14.7 Å². The molecule has 21 heavy (non-hydrogen) atoms. The Balaban J connectivity index is 2.08. The molecule has 0 radical (unpaired) electrons. The molecule has 0 bridgehead atoms. The highest BCUT2D eigenvalue weighted by Crippen LogP contribution is 2.23. The number of hydrogen-bond acceptors (Lipinski definition) is 5. The van der Waals surface area contributed by atoms with Crippen LogP contribution >= 0.6 is 0 Å². The standard InChI is InChI=1S/C13H8N4O4/c18-13(19)10-6-15-12(7-14-10)16-4-3-8-5-9(17(20)21)1-2-11(8)16/h1-7H,(H,18,19). The fourth-order valence-corrected chi connectivity index (χ4v) is 2.00.